The quantitative estimate of drug-likeness (QED) is 0.846. The standard InChI is InChI=1S/C20H28N4O2/c1-2-23-17-9-6-11-21-19(17)24(20(23)26)16-10-12-22(14-16)18(25)13-15-7-4-3-5-8-15/h6,9,11,15-16H,2-5,7-8,10,12-14H2,1H3/t16-/m1/s1. The van der Waals surface area contributed by atoms with Crippen molar-refractivity contribution in [3.05, 3.63) is 28.8 Å². The fourth-order valence-electron chi connectivity index (χ4n) is 4.69. The van der Waals surface area contributed by atoms with E-state index in [0.717, 1.165) is 24.1 Å². The van der Waals surface area contributed by atoms with Crippen molar-refractivity contribution in [1.82, 2.24) is 19.0 Å². The van der Waals surface area contributed by atoms with Gasteiger partial charge in [0.05, 0.1) is 11.6 Å². The molecule has 1 saturated carbocycles. The molecule has 140 valence electrons. The number of hydrogen-bond acceptors (Lipinski definition) is 3. The number of pyridine rings is 1. The number of hydrogen-bond donors (Lipinski definition) is 0. The van der Waals surface area contributed by atoms with Gasteiger partial charge in [0.25, 0.3) is 0 Å². The number of aromatic nitrogens is 3. The summed E-state index contributed by atoms with van der Waals surface area (Å²) < 4.78 is 3.58. The lowest BCUT2D eigenvalue weighted by Gasteiger charge is -2.24. The zero-order chi connectivity index (χ0) is 18.1. The molecule has 4 rings (SSSR count). The molecule has 1 aliphatic carbocycles. The minimum atomic E-state index is -0.00669. The predicted molar refractivity (Wildman–Crippen MR) is 101 cm³/mol. The molecule has 26 heavy (non-hydrogen) atoms. The van der Waals surface area contributed by atoms with Gasteiger partial charge >= 0.3 is 5.69 Å². The fraction of sp³-hybridized carbons (Fsp3) is 0.650. The summed E-state index contributed by atoms with van der Waals surface area (Å²) in [4.78, 5) is 32.0. The monoisotopic (exact) mass is 356 g/mol. The lowest BCUT2D eigenvalue weighted by atomic mass is 9.87. The van der Waals surface area contributed by atoms with E-state index in [1.165, 1.54) is 32.1 Å². The van der Waals surface area contributed by atoms with Gasteiger partial charge in [0.2, 0.25) is 5.91 Å². The van der Waals surface area contributed by atoms with Gasteiger partial charge in [0, 0.05) is 32.3 Å². The van der Waals surface area contributed by atoms with Crippen LogP contribution in [0.1, 0.15) is 57.9 Å². The Hall–Kier alpha value is -2.11. The van der Waals surface area contributed by atoms with E-state index in [-0.39, 0.29) is 17.6 Å². The van der Waals surface area contributed by atoms with E-state index < -0.39 is 0 Å². The van der Waals surface area contributed by atoms with Crippen molar-refractivity contribution in [2.75, 3.05) is 13.1 Å². The molecule has 0 aromatic carbocycles. The summed E-state index contributed by atoms with van der Waals surface area (Å²) in [5.41, 5.74) is 1.62. The van der Waals surface area contributed by atoms with Gasteiger partial charge in [-0.3, -0.25) is 13.9 Å². The average molecular weight is 356 g/mol. The summed E-state index contributed by atoms with van der Waals surface area (Å²) in [6.07, 6.45) is 9.46. The summed E-state index contributed by atoms with van der Waals surface area (Å²) in [6, 6.07) is 3.85. The van der Waals surface area contributed by atoms with Crippen LogP contribution in [0, 0.1) is 5.92 Å². The molecule has 2 aliphatic rings. The third kappa shape index (κ3) is 3.06. The summed E-state index contributed by atoms with van der Waals surface area (Å²) in [5, 5.41) is 0. The van der Waals surface area contributed by atoms with Crippen LogP contribution < -0.4 is 5.69 Å². The molecule has 6 heteroatoms. The predicted octanol–water partition coefficient (Wildman–Crippen LogP) is 2.96. The van der Waals surface area contributed by atoms with Crippen LogP contribution in [-0.4, -0.2) is 38.0 Å². The van der Waals surface area contributed by atoms with Gasteiger partial charge in [0.1, 0.15) is 0 Å². The Balaban J connectivity index is 1.52. The molecule has 1 saturated heterocycles. The highest BCUT2D eigenvalue weighted by Crippen LogP contribution is 2.29. The number of amides is 1. The Morgan fingerprint density at radius 3 is 2.81 bits per heavy atom. The first-order valence-electron chi connectivity index (χ1n) is 10.0. The van der Waals surface area contributed by atoms with Crippen LogP contribution >= 0.6 is 0 Å². The Morgan fingerprint density at radius 2 is 2.04 bits per heavy atom. The SMILES string of the molecule is CCn1c(=O)n([C@@H]2CCN(C(=O)CC3CCCCC3)C2)c2ncccc21. The lowest BCUT2D eigenvalue weighted by molar-refractivity contribution is -0.131. The zero-order valence-corrected chi connectivity index (χ0v) is 15.6. The molecule has 0 radical (unpaired) electrons. The largest absolute Gasteiger partial charge is 0.341 e. The molecule has 6 nitrogen and oxygen atoms in total. The highest BCUT2D eigenvalue weighted by Gasteiger charge is 2.31. The fourth-order valence-corrected chi connectivity index (χ4v) is 4.69. The molecule has 1 atom stereocenters. The normalized spacial score (nSPS) is 21.6. The number of aryl methyl sites for hydroxylation is 1. The highest BCUT2D eigenvalue weighted by atomic mass is 16.2. The molecule has 0 N–H and O–H groups in total. The Morgan fingerprint density at radius 1 is 1.23 bits per heavy atom. The Bertz CT molecular complexity index is 847. The third-order valence-corrected chi connectivity index (χ3v) is 6.11. The van der Waals surface area contributed by atoms with E-state index in [2.05, 4.69) is 4.98 Å². The third-order valence-electron chi connectivity index (χ3n) is 6.11. The van der Waals surface area contributed by atoms with Crippen LogP contribution in [0.25, 0.3) is 11.2 Å². The number of likely N-dealkylation sites (tertiary alicyclic amines) is 1. The molecule has 2 fully saturated rings. The average Bonchev–Trinajstić information content (AvgIpc) is 3.24. The molecule has 1 aliphatic heterocycles. The van der Waals surface area contributed by atoms with Gasteiger partial charge in [-0.05, 0) is 44.2 Å². The number of carbonyl (C=O) groups excluding carboxylic acids is 1. The minimum absolute atomic E-state index is 0.00669. The second-order valence-electron chi connectivity index (χ2n) is 7.73. The summed E-state index contributed by atoms with van der Waals surface area (Å²) in [5.74, 6) is 0.821. The van der Waals surface area contributed by atoms with Crippen molar-refractivity contribution in [1.29, 1.82) is 0 Å². The van der Waals surface area contributed by atoms with Crippen molar-refractivity contribution in [2.24, 2.45) is 5.92 Å². The second-order valence-corrected chi connectivity index (χ2v) is 7.73. The maximum Gasteiger partial charge on any atom is 0.330 e. The van der Waals surface area contributed by atoms with Crippen molar-refractivity contribution < 1.29 is 4.79 Å². The first kappa shape index (κ1) is 17.3. The Labute approximate surface area is 153 Å². The molecular weight excluding hydrogens is 328 g/mol. The first-order chi connectivity index (χ1) is 12.7. The van der Waals surface area contributed by atoms with Gasteiger partial charge in [-0.2, -0.15) is 0 Å². The number of rotatable bonds is 4. The molecule has 2 aromatic rings. The number of imidazole rings is 1. The van der Waals surface area contributed by atoms with Gasteiger partial charge in [0.15, 0.2) is 5.65 Å². The van der Waals surface area contributed by atoms with Gasteiger partial charge in [-0.25, -0.2) is 9.78 Å². The van der Waals surface area contributed by atoms with Crippen molar-refractivity contribution >= 4 is 17.1 Å². The van der Waals surface area contributed by atoms with Crippen LogP contribution in [0.2, 0.25) is 0 Å². The maximum absolute atomic E-state index is 12.9. The molecule has 2 aromatic heterocycles. The van der Waals surface area contributed by atoms with Crippen molar-refractivity contribution in [3.63, 3.8) is 0 Å². The molecule has 0 unspecified atom stereocenters. The second kappa shape index (κ2) is 7.25. The molecule has 0 bridgehead atoms. The number of carbonyl (C=O) groups is 1. The smallest absolute Gasteiger partial charge is 0.330 e. The van der Waals surface area contributed by atoms with Crippen LogP contribution in [0.3, 0.4) is 0 Å². The van der Waals surface area contributed by atoms with Gasteiger partial charge in [-0.1, -0.05) is 19.3 Å². The van der Waals surface area contributed by atoms with Crippen molar-refractivity contribution in [2.45, 2.75) is 64.5 Å². The maximum atomic E-state index is 12.9. The molecular formula is C20H28N4O2. The van der Waals surface area contributed by atoms with E-state index in [1.807, 2.05) is 28.5 Å². The van der Waals surface area contributed by atoms with Crippen LogP contribution in [-0.2, 0) is 11.3 Å². The topological polar surface area (TPSA) is 60.1 Å². The van der Waals surface area contributed by atoms with Crippen LogP contribution in [0.4, 0.5) is 0 Å². The van der Waals surface area contributed by atoms with Crippen LogP contribution in [0.15, 0.2) is 23.1 Å². The molecule has 1 amide bonds. The lowest BCUT2D eigenvalue weighted by Crippen LogP contribution is -2.33. The van der Waals surface area contributed by atoms with Crippen molar-refractivity contribution in [3.8, 4) is 0 Å². The summed E-state index contributed by atoms with van der Waals surface area (Å²) >= 11 is 0. The van der Waals surface area contributed by atoms with Crippen LogP contribution in [0.5, 0.6) is 0 Å². The van der Waals surface area contributed by atoms with E-state index >= 15 is 0 Å². The first-order valence-corrected chi connectivity index (χ1v) is 10.0. The molecule has 3 heterocycles. The van der Waals surface area contributed by atoms with E-state index in [0.29, 0.717) is 25.4 Å². The number of nitrogens with zero attached hydrogens (tertiary/aromatic N) is 4. The van der Waals surface area contributed by atoms with E-state index in [1.54, 1.807) is 10.8 Å². The minimum Gasteiger partial charge on any atom is -0.341 e. The van der Waals surface area contributed by atoms with Gasteiger partial charge in [-0.15, -0.1) is 0 Å². The zero-order valence-electron chi connectivity index (χ0n) is 15.6. The van der Waals surface area contributed by atoms with E-state index in [4.69, 9.17) is 0 Å². The summed E-state index contributed by atoms with van der Waals surface area (Å²) in [7, 11) is 0. The van der Waals surface area contributed by atoms with E-state index in [9.17, 15) is 9.59 Å². The molecule has 0 spiro atoms. The summed E-state index contributed by atoms with van der Waals surface area (Å²) in [6.45, 7) is 3.98. The number of fused-ring (bicyclic) bond motifs is 1. The van der Waals surface area contributed by atoms with Gasteiger partial charge < -0.3 is 4.90 Å². The Kier molecular flexibility index (Phi) is 4.83. The highest BCUT2D eigenvalue weighted by molar-refractivity contribution is 5.77.